The van der Waals surface area contributed by atoms with Gasteiger partial charge >= 0.3 is 0 Å². The van der Waals surface area contributed by atoms with Crippen LogP contribution in [0.3, 0.4) is 0 Å². The van der Waals surface area contributed by atoms with Gasteiger partial charge in [0.25, 0.3) is 5.91 Å². The van der Waals surface area contributed by atoms with Gasteiger partial charge in [-0.2, -0.15) is 5.10 Å². The Morgan fingerprint density at radius 2 is 2.00 bits per heavy atom. The minimum atomic E-state index is -0.336. The number of rotatable bonds is 4. The van der Waals surface area contributed by atoms with Crippen LogP contribution < -0.4 is 10.7 Å². The zero-order chi connectivity index (χ0) is 19.5. The number of halogens is 1. The summed E-state index contributed by atoms with van der Waals surface area (Å²) in [6.45, 7) is 1.88. The number of pyridine rings is 1. The van der Waals surface area contributed by atoms with E-state index in [1.807, 2.05) is 37.3 Å². The van der Waals surface area contributed by atoms with E-state index in [0.717, 1.165) is 47.5 Å². The van der Waals surface area contributed by atoms with Gasteiger partial charge in [0.05, 0.1) is 16.4 Å². The summed E-state index contributed by atoms with van der Waals surface area (Å²) >= 11 is 5.84. The number of carbonyl (C=O) groups excluding carboxylic acids is 1. The van der Waals surface area contributed by atoms with Crippen molar-refractivity contribution in [2.24, 2.45) is 5.10 Å². The van der Waals surface area contributed by atoms with Crippen LogP contribution in [0.25, 0.3) is 0 Å². The van der Waals surface area contributed by atoms with Gasteiger partial charge in [-0.25, -0.2) is 4.98 Å². The lowest BCUT2D eigenvalue weighted by Crippen LogP contribution is -2.15. The number of benzene rings is 1. The maximum atomic E-state index is 12.7. The van der Waals surface area contributed by atoms with Gasteiger partial charge in [-0.1, -0.05) is 29.8 Å². The average molecular weight is 395 g/mol. The average Bonchev–Trinajstić information content (AvgIpc) is 3.06. The summed E-state index contributed by atoms with van der Waals surface area (Å²) < 4.78 is 5.90. The van der Waals surface area contributed by atoms with Crippen molar-refractivity contribution in [2.75, 3.05) is 10.7 Å². The van der Waals surface area contributed by atoms with Gasteiger partial charge in [0, 0.05) is 23.7 Å². The molecule has 2 heterocycles. The van der Waals surface area contributed by atoms with Gasteiger partial charge in [-0.3, -0.25) is 10.2 Å². The minimum Gasteiger partial charge on any atom is -0.455 e. The molecule has 2 aromatic heterocycles. The first kappa shape index (κ1) is 18.3. The Morgan fingerprint density at radius 1 is 1.18 bits per heavy atom. The molecule has 1 aliphatic rings. The maximum absolute atomic E-state index is 12.7. The van der Waals surface area contributed by atoms with Crippen LogP contribution in [0, 0.1) is 6.92 Å². The molecular weight excluding hydrogens is 376 g/mol. The van der Waals surface area contributed by atoms with Gasteiger partial charge in [-0.15, -0.1) is 0 Å². The number of hydrogen-bond donors (Lipinski definition) is 2. The van der Waals surface area contributed by atoms with Crippen LogP contribution in [0.2, 0.25) is 5.02 Å². The van der Waals surface area contributed by atoms with Crippen molar-refractivity contribution in [3.63, 3.8) is 0 Å². The van der Waals surface area contributed by atoms with Crippen LogP contribution in [0.5, 0.6) is 0 Å². The first-order valence-corrected chi connectivity index (χ1v) is 9.43. The number of anilines is 2. The summed E-state index contributed by atoms with van der Waals surface area (Å²) in [4.78, 5) is 16.8. The topological polar surface area (TPSA) is 79.5 Å². The number of aromatic nitrogens is 1. The summed E-state index contributed by atoms with van der Waals surface area (Å²) in [6.07, 6.45) is 4.02. The monoisotopic (exact) mass is 394 g/mol. The Bertz CT molecular complexity index is 1030. The summed E-state index contributed by atoms with van der Waals surface area (Å²) in [5, 5.41) is 7.83. The fourth-order valence-electron chi connectivity index (χ4n) is 3.26. The molecule has 6 nitrogen and oxygen atoms in total. The lowest BCUT2D eigenvalue weighted by atomic mass is 9.93. The number of furan rings is 1. The highest BCUT2D eigenvalue weighted by atomic mass is 35.5. The van der Waals surface area contributed by atoms with Crippen LogP contribution >= 0.6 is 11.6 Å². The number of amides is 1. The van der Waals surface area contributed by atoms with Crippen LogP contribution in [0.15, 0.2) is 58.2 Å². The Kier molecular flexibility index (Phi) is 5.12. The molecule has 0 aliphatic heterocycles. The van der Waals surface area contributed by atoms with Crippen LogP contribution in [-0.2, 0) is 6.42 Å². The van der Waals surface area contributed by atoms with Gasteiger partial charge in [0.1, 0.15) is 11.6 Å². The highest BCUT2D eigenvalue weighted by Gasteiger charge is 2.28. The maximum Gasteiger partial charge on any atom is 0.292 e. The summed E-state index contributed by atoms with van der Waals surface area (Å²) in [6, 6.07) is 13.1. The first-order valence-electron chi connectivity index (χ1n) is 9.05. The SMILES string of the molecule is Cc1c(C(=O)Nc2ccc(Cl)cn2)oc2c1/C(=N/Nc1ccccc1)CCC2. The number of para-hydroxylation sites is 1. The van der Waals surface area contributed by atoms with Gasteiger partial charge < -0.3 is 9.73 Å². The zero-order valence-electron chi connectivity index (χ0n) is 15.3. The molecule has 7 heteroatoms. The normalized spacial score (nSPS) is 14.6. The molecule has 1 aliphatic carbocycles. The quantitative estimate of drug-likeness (QED) is 0.607. The van der Waals surface area contributed by atoms with Crippen molar-refractivity contribution in [3.05, 3.63) is 76.3 Å². The molecule has 142 valence electrons. The fourth-order valence-corrected chi connectivity index (χ4v) is 3.38. The largest absolute Gasteiger partial charge is 0.455 e. The third-order valence-electron chi connectivity index (χ3n) is 4.59. The molecule has 0 spiro atoms. The number of nitrogens with zero attached hydrogens (tertiary/aromatic N) is 2. The van der Waals surface area contributed by atoms with E-state index < -0.39 is 0 Å². The van der Waals surface area contributed by atoms with E-state index in [4.69, 9.17) is 16.0 Å². The molecule has 0 atom stereocenters. The summed E-state index contributed by atoms with van der Waals surface area (Å²) in [5.41, 5.74) is 6.61. The van der Waals surface area contributed by atoms with Crippen molar-refractivity contribution < 1.29 is 9.21 Å². The molecule has 0 bridgehead atoms. The predicted octanol–water partition coefficient (Wildman–Crippen LogP) is 5.04. The minimum absolute atomic E-state index is 0.288. The van der Waals surface area contributed by atoms with Crippen molar-refractivity contribution in [1.82, 2.24) is 4.98 Å². The highest BCUT2D eigenvalue weighted by Crippen LogP contribution is 2.30. The van der Waals surface area contributed by atoms with E-state index in [-0.39, 0.29) is 11.7 Å². The number of hydrazone groups is 1. The third-order valence-corrected chi connectivity index (χ3v) is 4.82. The molecule has 0 fully saturated rings. The number of fused-ring (bicyclic) bond motifs is 1. The molecule has 0 saturated carbocycles. The Balaban J connectivity index is 1.59. The molecule has 2 N–H and O–H groups in total. The number of hydrogen-bond acceptors (Lipinski definition) is 5. The zero-order valence-corrected chi connectivity index (χ0v) is 16.1. The van der Waals surface area contributed by atoms with Crippen molar-refractivity contribution >= 4 is 34.7 Å². The second-order valence-electron chi connectivity index (χ2n) is 6.56. The standard InChI is InChI=1S/C21H19ClN4O2/c1-13-19-16(26-25-15-6-3-2-4-7-15)8-5-9-17(19)28-20(13)21(27)24-18-11-10-14(22)12-23-18/h2-4,6-7,10-12,25H,5,8-9H2,1H3,(H,23,24,27)/b26-16+. The third kappa shape index (κ3) is 3.77. The van der Waals surface area contributed by atoms with Crippen molar-refractivity contribution in [3.8, 4) is 0 Å². The van der Waals surface area contributed by atoms with E-state index in [2.05, 4.69) is 20.8 Å². The lowest BCUT2D eigenvalue weighted by molar-refractivity contribution is 0.0993. The van der Waals surface area contributed by atoms with Crippen LogP contribution in [0.1, 0.15) is 40.3 Å². The molecule has 0 saturated heterocycles. The Morgan fingerprint density at radius 3 is 2.75 bits per heavy atom. The highest BCUT2D eigenvalue weighted by molar-refractivity contribution is 6.30. The molecule has 1 amide bonds. The van der Waals surface area contributed by atoms with Crippen molar-refractivity contribution in [1.29, 1.82) is 0 Å². The molecule has 0 unspecified atom stereocenters. The fraction of sp³-hybridized carbons (Fsp3) is 0.190. The second kappa shape index (κ2) is 7.86. The van der Waals surface area contributed by atoms with Crippen LogP contribution in [-0.4, -0.2) is 16.6 Å². The molecule has 3 aromatic rings. The number of aryl methyl sites for hydroxylation is 1. The molecule has 0 radical (unpaired) electrons. The molecule has 4 rings (SSSR count). The predicted molar refractivity (Wildman–Crippen MR) is 110 cm³/mol. The van der Waals surface area contributed by atoms with E-state index in [9.17, 15) is 4.79 Å². The van der Waals surface area contributed by atoms with Crippen LogP contribution in [0.4, 0.5) is 11.5 Å². The Labute approximate surface area is 167 Å². The summed E-state index contributed by atoms with van der Waals surface area (Å²) in [7, 11) is 0. The van der Waals surface area contributed by atoms with Gasteiger partial charge in [0.2, 0.25) is 0 Å². The molecule has 28 heavy (non-hydrogen) atoms. The van der Waals surface area contributed by atoms with E-state index >= 15 is 0 Å². The number of carbonyl (C=O) groups is 1. The molecular formula is C21H19ClN4O2. The molecule has 1 aromatic carbocycles. The first-order chi connectivity index (χ1) is 13.6. The van der Waals surface area contributed by atoms with E-state index in [1.54, 1.807) is 12.1 Å². The number of nitrogens with one attached hydrogen (secondary N) is 2. The lowest BCUT2D eigenvalue weighted by Gasteiger charge is -2.13. The van der Waals surface area contributed by atoms with E-state index in [1.165, 1.54) is 6.20 Å². The second-order valence-corrected chi connectivity index (χ2v) is 7.00. The summed E-state index contributed by atoms with van der Waals surface area (Å²) in [5.74, 6) is 1.17. The van der Waals surface area contributed by atoms with Gasteiger partial charge in [-0.05, 0) is 44.0 Å². The van der Waals surface area contributed by atoms with E-state index in [0.29, 0.717) is 10.8 Å². The van der Waals surface area contributed by atoms with Crippen molar-refractivity contribution in [2.45, 2.75) is 26.2 Å². The van der Waals surface area contributed by atoms with Gasteiger partial charge in [0.15, 0.2) is 5.76 Å². The Hall–Kier alpha value is -3.12. The smallest absolute Gasteiger partial charge is 0.292 e.